The van der Waals surface area contributed by atoms with Crippen molar-refractivity contribution in [3.63, 3.8) is 0 Å². The van der Waals surface area contributed by atoms with Gasteiger partial charge in [0.25, 0.3) is 0 Å². The first-order valence-electron chi connectivity index (χ1n) is 6.97. The van der Waals surface area contributed by atoms with Crippen LogP contribution in [0.4, 0.5) is 0 Å². The number of para-hydroxylation sites is 1. The van der Waals surface area contributed by atoms with Gasteiger partial charge >= 0.3 is 0 Å². The molecule has 0 aliphatic carbocycles. The second-order valence-electron chi connectivity index (χ2n) is 4.86. The van der Waals surface area contributed by atoms with E-state index in [0.29, 0.717) is 0 Å². The smallest absolute Gasteiger partial charge is 0.193 e. The van der Waals surface area contributed by atoms with Gasteiger partial charge in [-0.15, -0.1) is 24.0 Å². The number of benzene rings is 1. The highest BCUT2D eigenvalue weighted by molar-refractivity contribution is 14.0. The quantitative estimate of drug-likeness (QED) is 0.489. The molecule has 1 aromatic rings. The van der Waals surface area contributed by atoms with E-state index in [4.69, 9.17) is 4.74 Å². The Balaban J connectivity index is 0.00000200. The van der Waals surface area contributed by atoms with Crippen molar-refractivity contribution in [1.29, 1.82) is 0 Å². The molecule has 0 aromatic heterocycles. The molecule has 0 saturated carbocycles. The van der Waals surface area contributed by atoms with Crippen molar-refractivity contribution in [2.75, 3.05) is 26.7 Å². The van der Waals surface area contributed by atoms with Crippen LogP contribution < -0.4 is 10.1 Å². The molecule has 0 amide bonds. The molecule has 20 heavy (non-hydrogen) atoms. The highest BCUT2D eigenvalue weighted by Crippen LogP contribution is 2.11. The van der Waals surface area contributed by atoms with Crippen LogP contribution in [0.15, 0.2) is 35.3 Å². The van der Waals surface area contributed by atoms with Crippen molar-refractivity contribution >= 4 is 29.9 Å². The van der Waals surface area contributed by atoms with Gasteiger partial charge in [-0.25, -0.2) is 0 Å². The Bertz CT molecular complexity index is 405. The lowest BCUT2D eigenvalue weighted by Crippen LogP contribution is -2.43. The van der Waals surface area contributed by atoms with Crippen molar-refractivity contribution in [1.82, 2.24) is 10.2 Å². The molecule has 0 spiro atoms. The first-order chi connectivity index (χ1) is 9.29. The lowest BCUT2D eigenvalue weighted by Gasteiger charge is -2.23. The lowest BCUT2D eigenvalue weighted by molar-refractivity contribution is 0.222. The minimum Gasteiger partial charge on any atom is -0.489 e. The largest absolute Gasteiger partial charge is 0.489 e. The van der Waals surface area contributed by atoms with E-state index < -0.39 is 0 Å². The second kappa shape index (κ2) is 9.05. The van der Waals surface area contributed by atoms with Gasteiger partial charge in [0.1, 0.15) is 11.9 Å². The SMILES string of the molecule is CN=C(NCC(C)Oc1ccccc1)N1CCCC1.I. The van der Waals surface area contributed by atoms with Crippen LogP contribution in [0.5, 0.6) is 5.75 Å². The predicted octanol–water partition coefficient (Wildman–Crippen LogP) is 2.74. The van der Waals surface area contributed by atoms with Crippen molar-refractivity contribution in [2.45, 2.75) is 25.9 Å². The summed E-state index contributed by atoms with van der Waals surface area (Å²) >= 11 is 0. The summed E-state index contributed by atoms with van der Waals surface area (Å²) < 4.78 is 5.84. The molecule has 5 heteroatoms. The van der Waals surface area contributed by atoms with Crippen molar-refractivity contribution < 1.29 is 4.74 Å². The van der Waals surface area contributed by atoms with Crippen LogP contribution in [0.1, 0.15) is 19.8 Å². The van der Waals surface area contributed by atoms with Crippen LogP contribution in [-0.2, 0) is 0 Å². The fraction of sp³-hybridized carbons (Fsp3) is 0.533. The molecule has 1 saturated heterocycles. The standard InChI is InChI=1S/C15H23N3O.HI/c1-13(19-14-8-4-3-5-9-14)12-17-15(16-2)18-10-6-7-11-18;/h3-5,8-9,13H,6-7,10-12H2,1-2H3,(H,16,17);1H. The van der Waals surface area contributed by atoms with Crippen LogP contribution in [0.25, 0.3) is 0 Å². The summed E-state index contributed by atoms with van der Waals surface area (Å²) in [5.74, 6) is 1.90. The molecule has 4 nitrogen and oxygen atoms in total. The summed E-state index contributed by atoms with van der Waals surface area (Å²) in [4.78, 5) is 6.63. The van der Waals surface area contributed by atoms with Crippen LogP contribution in [0.3, 0.4) is 0 Å². The molecular formula is C15H24IN3O. The molecule has 1 aliphatic rings. The fourth-order valence-electron chi connectivity index (χ4n) is 2.27. The number of rotatable bonds is 4. The number of hydrogen-bond donors (Lipinski definition) is 1. The molecule has 1 atom stereocenters. The van der Waals surface area contributed by atoms with E-state index in [1.807, 2.05) is 37.4 Å². The Labute approximate surface area is 138 Å². The predicted molar refractivity (Wildman–Crippen MR) is 94.1 cm³/mol. The first kappa shape index (κ1) is 17.1. The zero-order valence-electron chi connectivity index (χ0n) is 12.2. The number of nitrogens with zero attached hydrogens (tertiary/aromatic N) is 2. The number of nitrogens with one attached hydrogen (secondary N) is 1. The number of hydrogen-bond acceptors (Lipinski definition) is 2. The molecule has 1 N–H and O–H groups in total. The van der Waals surface area contributed by atoms with Gasteiger partial charge in [-0.05, 0) is 31.9 Å². The number of halogens is 1. The van der Waals surface area contributed by atoms with Crippen molar-refractivity contribution in [2.24, 2.45) is 4.99 Å². The second-order valence-corrected chi connectivity index (χ2v) is 4.86. The first-order valence-corrected chi connectivity index (χ1v) is 6.97. The summed E-state index contributed by atoms with van der Waals surface area (Å²) in [5, 5.41) is 3.38. The maximum Gasteiger partial charge on any atom is 0.193 e. The zero-order valence-corrected chi connectivity index (χ0v) is 14.5. The van der Waals surface area contributed by atoms with E-state index in [2.05, 4.69) is 22.1 Å². The maximum absolute atomic E-state index is 5.84. The number of ether oxygens (including phenoxy) is 1. The Kier molecular flexibility index (Phi) is 7.72. The van der Waals surface area contributed by atoms with Gasteiger partial charge in [-0.1, -0.05) is 18.2 Å². The van der Waals surface area contributed by atoms with E-state index in [0.717, 1.165) is 31.3 Å². The van der Waals surface area contributed by atoms with Gasteiger partial charge < -0.3 is 15.0 Å². The molecule has 0 bridgehead atoms. The van der Waals surface area contributed by atoms with E-state index >= 15 is 0 Å². The van der Waals surface area contributed by atoms with Crippen molar-refractivity contribution in [3.8, 4) is 5.75 Å². The summed E-state index contributed by atoms with van der Waals surface area (Å²) in [6.45, 7) is 5.04. The van der Waals surface area contributed by atoms with Crippen molar-refractivity contribution in [3.05, 3.63) is 30.3 Å². The molecular weight excluding hydrogens is 365 g/mol. The minimum atomic E-state index is 0. The average molecular weight is 389 g/mol. The number of guanidine groups is 1. The van der Waals surface area contributed by atoms with E-state index in [-0.39, 0.29) is 30.1 Å². The number of likely N-dealkylation sites (tertiary alicyclic amines) is 1. The highest BCUT2D eigenvalue weighted by atomic mass is 127. The summed E-state index contributed by atoms with van der Waals surface area (Å²) in [7, 11) is 1.84. The van der Waals surface area contributed by atoms with E-state index in [1.54, 1.807) is 0 Å². The third-order valence-corrected chi connectivity index (χ3v) is 3.25. The molecule has 1 aliphatic heterocycles. The molecule has 2 rings (SSSR count). The zero-order chi connectivity index (χ0) is 13.5. The molecule has 1 heterocycles. The Morgan fingerprint density at radius 2 is 1.95 bits per heavy atom. The Morgan fingerprint density at radius 1 is 1.30 bits per heavy atom. The highest BCUT2D eigenvalue weighted by Gasteiger charge is 2.16. The molecule has 1 unspecified atom stereocenters. The topological polar surface area (TPSA) is 36.9 Å². The summed E-state index contributed by atoms with van der Waals surface area (Å²) in [6, 6.07) is 9.92. The summed E-state index contributed by atoms with van der Waals surface area (Å²) in [6.07, 6.45) is 2.63. The maximum atomic E-state index is 5.84. The van der Waals surface area contributed by atoms with Gasteiger partial charge in [0.15, 0.2) is 5.96 Å². The van der Waals surface area contributed by atoms with Gasteiger partial charge in [0, 0.05) is 20.1 Å². The average Bonchev–Trinajstić information content (AvgIpc) is 2.95. The molecule has 112 valence electrons. The molecule has 0 radical (unpaired) electrons. The normalized spacial score (nSPS) is 16.5. The van der Waals surface area contributed by atoms with Gasteiger partial charge in [0.2, 0.25) is 0 Å². The lowest BCUT2D eigenvalue weighted by atomic mass is 10.3. The monoisotopic (exact) mass is 389 g/mol. The van der Waals surface area contributed by atoms with Crippen LogP contribution >= 0.6 is 24.0 Å². The van der Waals surface area contributed by atoms with E-state index in [9.17, 15) is 0 Å². The fourth-order valence-corrected chi connectivity index (χ4v) is 2.27. The Hall–Kier alpha value is -0.980. The summed E-state index contributed by atoms with van der Waals surface area (Å²) in [5.41, 5.74) is 0. The third kappa shape index (κ3) is 5.19. The minimum absolute atomic E-state index is 0. The van der Waals surface area contributed by atoms with Crippen LogP contribution in [0.2, 0.25) is 0 Å². The van der Waals surface area contributed by atoms with E-state index in [1.165, 1.54) is 12.8 Å². The number of aliphatic imine (C=N–C) groups is 1. The molecule has 1 fully saturated rings. The van der Waals surface area contributed by atoms with Crippen LogP contribution in [-0.4, -0.2) is 43.6 Å². The van der Waals surface area contributed by atoms with Gasteiger partial charge in [-0.3, -0.25) is 4.99 Å². The van der Waals surface area contributed by atoms with Crippen LogP contribution in [0, 0.1) is 0 Å². The Morgan fingerprint density at radius 3 is 2.55 bits per heavy atom. The molecule has 1 aromatic carbocycles. The van der Waals surface area contributed by atoms with Gasteiger partial charge in [0.05, 0.1) is 6.54 Å². The third-order valence-electron chi connectivity index (χ3n) is 3.25. The van der Waals surface area contributed by atoms with Gasteiger partial charge in [-0.2, -0.15) is 0 Å².